The first kappa shape index (κ1) is 31.3. The molecule has 7 rings (SSSR count). The number of rotatable bonds is 4. The molecule has 0 saturated carbocycles. The Bertz CT molecular complexity index is 2030. The molecule has 7 aromatic rings. The van der Waals surface area contributed by atoms with Crippen molar-refractivity contribution in [3.05, 3.63) is 142 Å². The van der Waals surface area contributed by atoms with Crippen molar-refractivity contribution in [3.8, 4) is 11.1 Å². The summed E-state index contributed by atoms with van der Waals surface area (Å²) in [5.74, 6) is 0.479. The van der Waals surface area contributed by atoms with Gasteiger partial charge in [0.25, 0.3) is 0 Å². The van der Waals surface area contributed by atoms with Gasteiger partial charge in [0.1, 0.15) is 0 Å². The van der Waals surface area contributed by atoms with Gasteiger partial charge in [-0.1, -0.05) is 92.5 Å². The standard InChI is InChI=1S/C18H11BrN2.C9H8BrClO.C9H8N2/c19-14-6-3-12(4-7-14)15-9-11-21-18-16(15)8-5-13-2-1-10-20-17(13)18;10-8-3-1-7(2-4-8)9(12)5-6-11;10-8-5-1-3-7-4-2-6-11-9(7)8/h1-11H;1-4H,5-6H2;1-6H,10H2. The molecule has 0 bridgehead atoms. The van der Waals surface area contributed by atoms with Crippen molar-refractivity contribution in [2.45, 2.75) is 6.42 Å². The number of nitrogen functional groups attached to an aromatic ring is 1. The van der Waals surface area contributed by atoms with Crippen LogP contribution in [0.2, 0.25) is 0 Å². The SMILES string of the molecule is Brc1ccc(-c2ccnc3c2ccc2cccnc23)cc1.Nc1cccc2cccnc12.O=C(CCCl)c1ccc(Br)cc1. The van der Waals surface area contributed by atoms with E-state index in [-0.39, 0.29) is 5.78 Å². The third kappa shape index (κ3) is 7.66. The highest BCUT2D eigenvalue weighted by atomic mass is 79.9. The summed E-state index contributed by atoms with van der Waals surface area (Å²) in [4.78, 5) is 24.4. The summed E-state index contributed by atoms with van der Waals surface area (Å²) in [6.45, 7) is 0. The first-order chi connectivity index (χ1) is 21.4. The Hall–Kier alpha value is -4.17. The molecule has 0 saturated heterocycles. The lowest BCUT2D eigenvalue weighted by atomic mass is 10.00. The highest BCUT2D eigenvalue weighted by Gasteiger charge is 2.08. The van der Waals surface area contributed by atoms with Crippen LogP contribution in [0.4, 0.5) is 5.69 Å². The molecular weight excluding hydrogens is 700 g/mol. The van der Waals surface area contributed by atoms with Crippen molar-refractivity contribution in [2.75, 3.05) is 11.6 Å². The van der Waals surface area contributed by atoms with Crippen LogP contribution >= 0.6 is 43.5 Å². The number of pyridine rings is 3. The predicted octanol–water partition coefficient (Wildman–Crippen LogP) is 10.3. The first-order valence-electron chi connectivity index (χ1n) is 13.8. The summed E-state index contributed by atoms with van der Waals surface area (Å²) < 4.78 is 2.06. The van der Waals surface area contributed by atoms with Crippen LogP contribution in [-0.4, -0.2) is 26.6 Å². The molecule has 218 valence electrons. The molecule has 0 unspecified atom stereocenters. The van der Waals surface area contributed by atoms with E-state index in [1.165, 1.54) is 11.1 Å². The molecule has 0 atom stereocenters. The van der Waals surface area contributed by atoms with Crippen LogP contribution in [-0.2, 0) is 0 Å². The van der Waals surface area contributed by atoms with Gasteiger partial charge in [-0.05, 0) is 59.7 Å². The van der Waals surface area contributed by atoms with Crippen molar-refractivity contribution in [2.24, 2.45) is 0 Å². The summed E-state index contributed by atoms with van der Waals surface area (Å²) in [6, 6.07) is 35.6. The minimum absolute atomic E-state index is 0.0949. The minimum Gasteiger partial charge on any atom is -0.397 e. The second kappa shape index (κ2) is 15.0. The van der Waals surface area contributed by atoms with Crippen LogP contribution in [0.25, 0.3) is 43.8 Å². The molecule has 0 spiro atoms. The highest BCUT2D eigenvalue weighted by molar-refractivity contribution is 9.10. The number of anilines is 1. The van der Waals surface area contributed by atoms with Gasteiger partial charge < -0.3 is 5.73 Å². The van der Waals surface area contributed by atoms with Gasteiger partial charge in [-0.2, -0.15) is 0 Å². The van der Waals surface area contributed by atoms with Gasteiger partial charge in [0.2, 0.25) is 0 Å². The number of hydrogen-bond acceptors (Lipinski definition) is 5. The molecule has 0 amide bonds. The number of benzene rings is 4. The Morgan fingerprint density at radius 3 is 1.89 bits per heavy atom. The molecule has 44 heavy (non-hydrogen) atoms. The van der Waals surface area contributed by atoms with Gasteiger partial charge in [0.05, 0.1) is 22.2 Å². The molecule has 3 aromatic heterocycles. The molecular formula is C36H27Br2ClN4O. The number of nitrogens with two attached hydrogens (primary N) is 1. The molecule has 4 aromatic carbocycles. The molecule has 0 aliphatic rings. The zero-order chi connectivity index (χ0) is 30.9. The van der Waals surface area contributed by atoms with E-state index in [1.807, 2.05) is 60.9 Å². The van der Waals surface area contributed by atoms with Crippen LogP contribution < -0.4 is 5.73 Å². The Balaban J connectivity index is 0.000000143. The molecule has 8 heteroatoms. The second-order valence-electron chi connectivity index (χ2n) is 9.69. The molecule has 0 fully saturated rings. The average Bonchev–Trinajstić information content (AvgIpc) is 3.06. The minimum atomic E-state index is 0.0949. The Labute approximate surface area is 277 Å². The van der Waals surface area contributed by atoms with E-state index in [2.05, 4.69) is 95.3 Å². The van der Waals surface area contributed by atoms with Gasteiger partial charge in [0.15, 0.2) is 5.78 Å². The maximum Gasteiger partial charge on any atom is 0.164 e. The lowest BCUT2D eigenvalue weighted by molar-refractivity contribution is 0.0989. The number of Topliss-reactive ketones (excluding diaryl/α,β-unsaturated/α-hetero) is 1. The number of nitrogens with zero attached hydrogens (tertiary/aromatic N) is 3. The lowest BCUT2D eigenvalue weighted by Gasteiger charge is -2.08. The van der Waals surface area contributed by atoms with Gasteiger partial charge >= 0.3 is 0 Å². The molecule has 0 aliphatic carbocycles. The molecule has 5 nitrogen and oxygen atoms in total. The van der Waals surface area contributed by atoms with Crippen LogP contribution in [0.5, 0.6) is 0 Å². The van der Waals surface area contributed by atoms with Gasteiger partial charge in [-0.15, -0.1) is 11.6 Å². The van der Waals surface area contributed by atoms with Crippen LogP contribution in [0.15, 0.2) is 137 Å². The average molecular weight is 727 g/mol. The number of halogens is 3. The third-order valence-electron chi connectivity index (χ3n) is 6.79. The number of carbonyl (C=O) groups is 1. The smallest absolute Gasteiger partial charge is 0.164 e. The van der Waals surface area contributed by atoms with Crippen molar-refractivity contribution in [3.63, 3.8) is 0 Å². The molecule has 0 radical (unpaired) electrons. The fourth-order valence-electron chi connectivity index (χ4n) is 4.63. The topological polar surface area (TPSA) is 81.8 Å². The predicted molar refractivity (Wildman–Crippen MR) is 190 cm³/mol. The Kier molecular flexibility index (Phi) is 10.7. The first-order valence-corrected chi connectivity index (χ1v) is 15.9. The number of ketones is 1. The quantitative estimate of drug-likeness (QED) is 0.0845. The van der Waals surface area contributed by atoms with E-state index in [9.17, 15) is 4.79 Å². The van der Waals surface area contributed by atoms with Gasteiger partial charge in [-0.25, -0.2) is 0 Å². The van der Waals surface area contributed by atoms with Crippen LogP contribution in [0.1, 0.15) is 16.8 Å². The summed E-state index contributed by atoms with van der Waals surface area (Å²) >= 11 is 12.2. The number of carbonyl (C=O) groups excluding carboxylic acids is 1. The van der Waals surface area contributed by atoms with E-state index >= 15 is 0 Å². The second-order valence-corrected chi connectivity index (χ2v) is 11.9. The number of fused-ring (bicyclic) bond motifs is 4. The van der Waals surface area contributed by atoms with Crippen molar-refractivity contribution in [1.29, 1.82) is 0 Å². The highest BCUT2D eigenvalue weighted by Crippen LogP contribution is 2.31. The summed E-state index contributed by atoms with van der Waals surface area (Å²) in [5, 5.41) is 3.34. The van der Waals surface area contributed by atoms with E-state index < -0.39 is 0 Å². The van der Waals surface area contributed by atoms with Crippen molar-refractivity contribution in [1.82, 2.24) is 15.0 Å². The number of hydrogen-bond donors (Lipinski definition) is 1. The fraction of sp³-hybridized carbons (Fsp3) is 0.0556. The normalized spacial score (nSPS) is 10.5. The van der Waals surface area contributed by atoms with Gasteiger partial charge in [-0.3, -0.25) is 19.7 Å². The van der Waals surface area contributed by atoms with E-state index in [0.717, 1.165) is 52.9 Å². The number of aromatic nitrogens is 3. The zero-order valence-electron chi connectivity index (χ0n) is 23.5. The maximum absolute atomic E-state index is 11.3. The van der Waals surface area contributed by atoms with Crippen molar-refractivity contribution < 1.29 is 4.79 Å². The molecule has 2 N–H and O–H groups in total. The number of para-hydroxylation sites is 1. The third-order valence-corrected chi connectivity index (χ3v) is 8.04. The van der Waals surface area contributed by atoms with Crippen molar-refractivity contribution >= 4 is 87.6 Å². The fourth-order valence-corrected chi connectivity index (χ4v) is 5.33. The summed E-state index contributed by atoms with van der Waals surface area (Å²) in [7, 11) is 0. The summed E-state index contributed by atoms with van der Waals surface area (Å²) in [5.41, 5.74) is 12.3. The lowest BCUT2D eigenvalue weighted by Crippen LogP contribution is -1.98. The van der Waals surface area contributed by atoms with E-state index in [4.69, 9.17) is 17.3 Å². The number of alkyl halides is 1. The Morgan fingerprint density at radius 1 is 0.636 bits per heavy atom. The Morgan fingerprint density at radius 2 is 1.23 bits per heavy atom. The van der Waals surface area contributed by atoms with E-state index in [1.54, 1.807) is 18.3 Å². The maximum atomic E-state index is 11.3. The van der Waals surface area contributed by atoms with Gasteiger partial charge in [0, 0.05) is 61.6 Å². The monoisotopic (exact) mass is 724 g/mol. The van der Waals surface area contributed by atoms with E-state index in [0.29, 0.717) is 12.3 Å². The molecule has 0 aliphatic heterocycles. The van der Waals surface area contributed by atoms with Crippen LogP contribution in [0.3, 0.4) is 0 Å². The largest absolute Gasteiger partial charge is 0.397 e. The zero-order valence-corrected chi connectivity index (χ0v) is 27.4. The summed E-state index contributed by atoms with van der Waals surface area (Å²) in [6.07, 6.45) is 5.82. The van der Waals surface area contributed by atoms with Crippen LogP contribution in [0, 0.1) is 0 Å². The molecule has 3 heterocycles.